The van der Waals surface area contributed by atoms with E-state index in [0.717, 1.165) is 22.9 Å². The van der Waals surface area contributed by atoms with Gasteiger partial charge in [0.05, 0.1) is 6.42 Å². The van der Waals surface area contributed by atoms with E-state index in [0.29, 0.717) is 11.3 Å². The number of rotatable bonds is 10. The molecular weight excluding hydrogens is 520 g/mol. The molecule has 2 aromatic rings. The third-order valence-electron chi connectivity index (χ3n) is 5.83. The van der Waals surface area contributed by atoms with Gasteiger partial charge in [0.2, 0.25) is 11.1 Å². The Kier molecular flexibility index (Phi) is 7.62. The van der Waals surface area contributed by atoms with Crippen LogP contribution < -0.4 is 11.1 Å². The summed E-state index contributed by atoms with van der Waals surface area (Å²) in [7, 11) is 0. The Morgan fingerprint density at radius 2 is 1.95 bits per heavy atom. The second kappa shape index (κ2) is 10.6. The molecule has 12 nitrogen and oxygen atoms in total. The molecule has 3 heterocycles. The van der Waals surface area contributed by atoms with Gasteiger partial charge in [0.1, 0.15) is 29.4 Å². The van der Waals surface area contributed by atoms with Gasteiger partial charge < -0.3 is 21.3 Å². The number of nitrogens with zero attached hydrogens (tertiary/aromatic N) is 3. The number of carbonyl (C=O) groups excluding carboxylic acids is 2. The average molecular weight is 547 g/mol. The van der Waals surface area contributed by atoms with Gasteiger partial charge in [-0.25, -0.2) is 9.78 Å². The van der Waals surface area contributed by atoms with Crippen LogP contribution in [0.1, 0.15) is 30.8 Å². The lowest BCUT2D eigenvalue weighted by Gasteiger charge is -2.49. The van der Waals surface area contributed by atoms with E-state index in [1.54, 1.807) is 0 Å². The molecule has 4 rings (SSSR count). The summed E-state index contributed by atoms with van der Waals surface area (Å²) in [5, 5.41) is 27.6. The summed E-state index contributed by atoms with van der Waals surface area (Å²) < 4.78 is 0. The summed E-state index contributed by atoms with van der Waals surface area (Å²) in [6.07, 6.45) is -0.225. The molecule has 0 radical (unpaired) electrons. The zero-order valence-electron chi connectivity index (χ0n) is 20.1. The molecule has 14 heteroatoms. The first-order chi connectivity index (χ1) is 17.4. The first-order valence-electron chi connectivity index (χ1n) is 11.3. The van der Waals surface area contributed by atoms with Crippen molar-refractivity contribution in [3.8, 4) is 0 Å². The van der Waals surface area contributed by atoms with Crippen molar-refractivity contribution < 1.29 is 29.4 Å². The number of aromatic amines is 1. The Bertz CT molecular complexity index is 1270. The summed E-state index contributed by atoms with van der Waals surface area (Å²) in [6.45, 7) is 3.78. The van der Waals surface area contributed by atoms with Crippen LogP contribution in [0.4, 0.5) is 0 Å². The lowest BCUT2D eigenvalue weighted by atomic mass is 9.94. The van der Waals surface area contributed by atoms with Crippen LogP contribution in [0.3, 0.4) is 0 Å². The Morgan fingerprint density at radius 3 is 2.57 bits per heavy atom. The minimum Gasteiger partial charge on any atom is -0.481 e. The molecule has 0 aliphatic carbocycles. The largest absolute Gasteiger partial charge is 0.481 e. The van der Waals surface area contributed by atoms with Crippen LogP contribution in [0, 0.1) is 0 Å². The van der Waals surface area contributed by atoms with Gasteiger partial charge in [-0.2, -0.15) is 0 Å². The highest BCUT2D eigenvalue weighted by molar-refractivity contribution is 8.01. The highest BCUT2D eigenvalue weighted by Crippen LogP contribution is 2.41. The number of H-pyrrole nitrogens is 1. The summed E-state index contributed by atoms with van der Waals surface area (Å²) >= 11 is 2.51. The van der Waals surface area contributed by atoms with Gasteiger partial charge in [0.25, 0.3) is 5.91 Å². The third-order valence-corrected chi connectivity index (χ3v) is 8.11. The smallest absolute Gasteiger partial charge is 0.352 e. The van der Waals surface area contributed by atoms with Crippen molar-refractivity contribution in [2.75, 3.05) is 11.5 Å². The van der Waals surface area contributed by atoms with Crippen LogP contribution >= 0.6 is 23.5 Å². The Labute approximate surface area is 220 Å². The number of carboxylic acids is 2. The molecule has 2 aliphatic heterocycles. The molecule has 1 fully saturated rings. The topological polar surface area (TPSA) is 192 Å². The van der Waals surface area contributed by atoms with E-state index >= 15 is 0 Å². The minimum atomic E-state index is -1.23. The molecule has 37 heavy (non-hydrogen) atoms. The molecule has 6 N–H and O–H groups in total. The van der Waals surface area contributed by atoms with Gasteiger partial charge in [0.15, 0.2) is 0 Å². The van der Waals surface area contributed by atoms with Gasteiger partial charge >= 0.3 is 11.9 Å². The van der Waals surface area contributed by atoms with E-state index in [2.05, 4.69) is 20.5 Å². The van der Waals surface area contributed by atoms with Gasteiger partial charge in [-0.3, -0.25) is 24.4 Å². The lowest BCUT2D eigenvalue weighted by molar-refractivity contribution is -0.150. The lowest BCUT2D eigenvalue weighted by Crippen LogP contribution is -2.70. The number of carboxylic acid groups (broad SMARTS) is 2. The first kappa shape index (κ1) is 26.7. The molecule has 0 spiro atoms. The highest BCUT2D eigenvalue weighted by Gasteiger charge is 2.54. The monoisotopic (exact) mass is 546 g/mol. The van der Waals surface area contributed by atoms with Gasteiger partial charge in [-0.15, -0.1) is 16.9 Å². The number of carbonyl (C=O) groups is 4. The number of aliphatic carboxylic acids is 2. The van der Waals surface area contributed by atoms with E-state index in [1.807, 2.05) is 38.1 Å². The molecule has 196 valence electrons. The predicted molar refractivity (Wildman–Crippen MR) is 135 cm³/mol. The molecular formula is C23H26N6O6S2. The van der Waals surface area contributed by atoms with Crippen LogP contribution in [0.25, 0.3) is 0 Å². The van der Waals surface area contributed by atoms with Gasteiger partial charge in [0, 0.05) is 17.0 Å². The van der Waals surface area contributed by atoms with Crippen molar-refractivity contribution in [2.24, 2.45) is 5.73 Å². The predicted octanol–water partition coefficient (Wildman–Crippen LogP) is 0.699. The molecule has 1 saturated heterocycles. The van der Waals surface area contributed by atoms with Crippen LogP contribution in [-0.4, -0.2) is 77.0 Å². The molecule has 0 saturated carbocycles. The van der Waals surface area contributed by atoms with E-state index < -0.39 is 34.8 Å². The summed E-state index contributed by atoms with van der Waals surface area (Å²) in [5.41, 5.74) is 7.72. The quantitative estimate of drug-likeness (QED) is 0.208. The van der Waals surface area contributed by atoms with Crippen molar-refractivity contribution in [3.05, 3.63) is 52.5 Å². The van der Waals surface area contributed by atoms with Crippen molar-refractivity contribution in [2.45, 2.75) is 48.8 Å². The average Bonchev–Trinajstić information content (AvgIpc) is 3.26. The third kappa shape index (κ3) is 5.97. The maximum atomic E-state index is 12.9. The number of nitrogens with one attached hydrogen (secondary N) is 2. The normalized spacial score (nSPS) is 19.3. The van der Waals surface area contributed by atoms with Gasteiger partial charge in [-0.05, 0) is 30.5 Å². The zero-order chi connectivity index (χ0) is 26.9. The van der Waals surface area contributed by atoms with E-state index in [9.17, 15) is 24.3 Å². The summed E-state index contributed by atoms with van der Waals surface area (Å²) in [6, 6.07) is 6.56. The Balaban J connectivity index is 1.38. The molecule has 2 aliphatic rings. The number of benzene rings is 1. The minimum absolute atomic E-state index is 0.0799. The number of nitrogens with two attached hydrogens (primary N) is 1. The van der Waals surface area contributed by atoms with E-state index in [1.165, 1.54) is 16.7 Å². The van der Waals surface area contributed by atoms with Crippen LogP contribution in [0.2, 0.25) is 0 Å². The second-order valence-corrected chi connectivity index (χ2v) is 11.3. The van der Waals surface area contributed by atoms with Crippen LogP contribution in [-0.2, 0) is 37.6 Å². The summed E-state index contributed by atoms with van der Waals surface area (Å²) in [4.78, 5) is 53.6. The number of thioether (sulfide) groups is 2. The van der Waals surface area contributed by atoms with E-state index in [4.69, 9.17) is 10.8 Å². The van der Waals surface area contributed by atoms with E-state index in [-0.39, 0.29) is 41.2 Å². The number of hydrogen-bond acceptors (Lipinski definition) is 9. The summed E-state index contributed by atoms with van der Waals surface area (Å²) in [5.74, 6) is -2.35. The number of aromatic nitrogens is 3. The van der Waals surface area contributed by atoms with Crippen molar-refractivity contribution in [1.82, 2.24) is 25.4 Å². The Morgan fingerprint density at radius 1 is 1.24 bits per heavy atom. The SMILES string of the molecule is CC(C)(N)c1ccc(CC(=O)NC2C(=O)N3C(C(=O)O)=C(CSc4n[nH]c(CC(=O)O)n4)CS[C@@H]23)cc1. The van der Waals surface area contributed by atoms with Crippen LogP contribution in [0.15, 0.2) is 40.7 Å². The van der Waals surface area contributed by atoms with Crippen LogP contribution in [0.5, 0.6) is 0 Å². The fraction of sp³-hybridized carbons (Fsp3) is 0.391. The maximum absolute atomic E-state index is 12.9. The second-order valence-electron chi connectivity index (χ2n) is 9.23. The van der Waals surface area contributed by atoms with Crippen molar-refractivity contribution >= 4 is 47.3 Å². The fourth-order valence-electron chi connectivity index (χ4n) is 3.97. The number of hydrogen-bond donors (Lipinski definition) is 5. The van der Waals surface area contributed by atoms with Crippen molar-refractivity contribution in [1.29, 1.82) is 0 Å². The first-order valence-corrected chi connectivity index (χ1v) is 13.3. The standard InChI is InChI=1S/C23H26N6O6S2/c1-23(2,24)13-5-3-11(4-6-13)7-15(30)26-17-19(33)29-18(21(34)35)12(9-36-20(17)29)10-37-22-25-14(27-28-22)8-16(31)32/h3-6,17,20H,7-10,24H2,1-2H3,(H,26,30)(H,31,32)(H,34,35)(H,25,27,28)/t17?,20-/m0/s1. The highest BCUT2D eigenvalue weighted by atomic mass is 32.2. The molecule has 0 bridgehead atoms. The molecule has 1 aromatic carbocycles. The molecule has 2 amide bonds. The molecule has 2 atom stereocenters. The number of fused-ring (bicyclic) bond motifs is 1. The fourth-order valence-corrected chi connectivity index (χ4v) is 6.27. The van der Waals surface area contributed by atoms with Gasteiger partial charge in [-0.1, -0.05) is 36.0 Å². The number of amides is 2. The Hall–Kier alpha value is -3.36. The zero-order valence-corrected chi connectivity index (χ0v) is 21.7. The molecule has 1 unspecified atom stereocenters. The molecule has 1 aromatic heterocycles. The number of β-lactam (4-membered cyclic amide) rings is 1. The maximum Gasteiger partial charge on any atom is 0.352 e. The van der Waals surface area contributed by atoms with Crippen molar-refractivity contribution in [3.63, 3.8) is 0 Å².